The van der Waals surface area contributed by atoms with Crippen LogP contribution in [0.15, 0.2) is 64.2 Å². The highest BCUT2D eigenvalue weighted by Crippen LogP contribution is 2.44. The van der Waals surface area contributed by atoms with E-state index in [1.54, 1.807) is 25.4 Å². The van der Waals surface area contributed by atoms with E-state index in [2.05, 4.69) is 50.7 Å². The number of pyridine rings is 1. The van der Waals surface area contributed by atoms with Gasteiger partial charge in [-0.05, 0) is 54.9 Å². The molecule has 4 aliphatic rings. The number of rotatable bonds is 6. The third-order valence-corrected chi connectivity index (χ3v) is 7.24. The molecule has 6 rings (SSSR count). The average molecular weight is 460 g/mol. The predicted octanol–water partition coefficient (Wildman–Crippen LogP) is 4.07. The Kier molecular flexibility index (Phi) is 5.25. The summed E-state index contributed by atoms with van der Waals surface area (Å²) in [4.78, 5) is 21.7. The second-order valence-corrected chi connectivity index (χ2v) is 9.50. The molecule has 1 atom stereocenters. The zero-order valence-electron chi connectivity index (χ0n) is 19.5. The van der Waals surface area contributed by atoms with Gasteiger partial charge in [-0.2, -0.15) is 0 Å². The van der Waals surface area contributed by atoms with E-state index in [0.717, 1.165) is 5.70 Å². The highest BCUT2D eigenvalue weighted by molar-refractivity contribution is 5.94. The maximum absolute atomic E-state index is 13.1. The summed E-state index contributed by atoms with van der Waals surface area (Å²) in [6.07, 6.45) is 17.2. The van der Waals surface area contributed by atoms with Gasteiger partial charge in [-0.3, -0.25) is 4.79 Å². The number of amides is 1. The number of oxazole rings is 1. The normalized spacial score (nSPS) is 22.8. The largest absolute Gasteiger partial charge is 0.481 e. The molecule has 2 aromatic heterocycles. The Morgan fingerprint density at radius 3 is 2.74 bits per heavy atom. The van der Waals surface area contributed by atoms with Crippen molar-refractivity contribution >= 4 is 5.91 Å². The van der Waals surface area contributed by atoms with Crippen LogP contribution in [0.25, 0.3) is 11.5 Å². The molecule has 3 aliphatic carbocycles. The molecule has 0 aromatic carbocycles. The molecule has 1 aliphatic heterocycles. The summed E-state index contributed by atoms with van der Waals surface area (Å²) in [5.41, 5.74) is 4.27. The summed E-state index contributed by atoms with van der Waals surface area (Å²) in [5, 5.41) is 7.88. The fraction of sp³-hybridized carbons (Fsp3) is 0.423. The summed E-state index contributed by atoms with van der Waals surface area (Å²) in [7, 11) is 3.74. The first kappa shape index (κ1) is 21.2. The third-order valence-electron chi connectivity index (χ3n) is 7.24. The summed E-state index contributed by atoms with van der Waals surface area (Å²) < 4.78 is 10.7. The lowest BCUT2D eigenvalue weighted by Gasteiger charge is -2.35. The number of hydrazine groups is 1. The second kappa shape index (κ2) is 8.43. The number of carbonyl (C=O) groups excluding carboxylic acids is 1. The van der Waals surface area contributed by atoms with Crippen molar-refractivity contribution in [3.63, 3.8) is 0 Å². The summed E-state index contributed by atoms with van der Waals surface area (Å²) in [6.45, 7) is 0. The van der Waals surface area contributed by atoms with E-state index >= 15 is 0 Å². The first-order valence-corrected chi connectivity index (χ1v) is 12.0. The number of methoxy groups -OCH3 is 1. The van der Waals surface area contributed by atoms with Crippen LogP contribution in [0.3, 0.4) is 0 Å². The molecule has 8 heteroatoms. The van der Waals surface area contributed by atoms with E-state index in [4.69, 9.17) is 9.15 Å². The standard InChI is InChI=1S/C26H29N5O3/c1-30-23-12-20(16-7-8-16)21(11-18(23)14-31(30)19-5-3-4-6-19)28-25(32)22-15-34-26(29-22)17-9-10-24(33-2)27-13-17/h9-16,19,23H,3-8H2,1-2H3,(H,28,32). The maximum Gasteiger partial charge on any atom is 0.277 e. The first-order chi connectivity index (χ1) is 16.6. The van der Waals surface area contributed by atoms with E-state index < -0.39 is 0 Å². The monoisotopic (exact) mass is 459 g/mol. The lowest BCUT2D eigenvalue weighted by Crippen LogP contribution is -2.43. The van der Waals surface area contributed by atoms with Crippen molar-refractivity contribution in [2.45, 2.75) is 50.6 Å². The van der Waals surface area contributed by atoms with Gasteiger partial charge in [0.2, 0.25) is 11.8 Å². The summed E-state index contributed by atoms with van der Waals surface area (Å²) in [5.74, 6) is 1.10. The fourth-order valence-corrected chi connectivity index (χ4v) is 5.23. The van der Waals surface area contributed by atoms with E-state index in [0.29, 0.717) is 29.3 Å². The first-order valence-electron chi connectivity index (χ1n) is 12.0. The Labute approximate surface area is 199 Å². The van der Waals surface area contributed by atoms with Crippen LogP contribution in [0.1, 0.15) is 49.0 Å². The molecule has 0 bridgehead atoms. The van der Waals surface area contributed by atoms with E-state index in [9.17, 15) is 4.79 Å². The molecule has 176 valence electrons. The second-order valence-electron chi connectivity index (χ2n) is 9.50. The van der Waals surface area contributed by atoms with Crippen molar-refractivity contribution in [1.29, 1.82) is 0 Å². The van der Waals surface area contributed by atoms with Crippen molar-refractivity contribution in [1.82, 2.24) is 25.3 Å². The van der Waals surface area contributed by atoms with Crippen LogP contribution in [-0.2, 0) is 0 Å². The van der Waals surface area contributed by atoms with E-state index in [1.807, 2.05) is 0 Å². The molecule has 34 heavy (non-hydrogen) atoms. The molecule has 2 fully saturated rings. The minimum Gasteiger partial charge on any atom is -0.481 e. The van der Waals surface area contributed by atoms with Crippen molar-refractivity contribution in [3.8, 4) is 17.3 Å². The summed E-state index contributed by atoms with van der Waals surface area (Å²) in [6, 6.07) is 4.35. The van der Waals surface area contributed by atoms with Crippen LogP contribution < -0.4 is 10.1 Å². The van der Waals surface area contributed by atoms with Gasteiger partial charge >= 0.3 is 0 Å². The predicted molar refractivity (Wildman–Crippen MR) is 126 cm³/mol. The Hall–Kier alpha value is -3.39. The number of ether oxygens (including phenoxy) is 1. The van der Waals surface area contributed by atoms with Crippen LogP contribution >= 0.6 is 0 Å². The fourth-order valence-electron chi connectivity index (χ4n) is 5.23. The zero-order chi connectivity index (χ0) is 23.2. The Morgan fingerprint density at radius 2 is 2.03 bits per heavy atom. The Balaban J connectivity index is 1.22. The molecule has 3 heterocycles. The maximum atomic E-state index is 13.1. The van der Waals surface area contributed by atoms with Crippen LogP contribution in [0.5, 0.6) is 5.88 Å². The number of hydrogen-bond donors (Lipinski definition) is 1. The van der Waals surface area contributed by atoms with Gasteiger partial charge in [0.25, 0.3) is 5.91 Å². The topological polar surface area (TPSA) is 83.7 Å². The highest BCUT2D eigenvalue weighted by atomic mass is 16.5. The number of fused-ring (bicyclic) bond motifs is 1. The molecule has 2 aromatic rings. The number of aromatic nitrogens is 2. The number of nitrogens with one attached hydrogen (secondary N) is 1. The number of likely N-dealkylation sites (N-methyl/N-ethyl adjacent to an activating group) is 1. The minimum absolute atomic E-state index is 0.234. The molecular formula is C26H29N5O3. The van der Waals surface area contributed by atoms with Gasteiger partial charge in [-0.25, -0.2) is 15.0 Å². The van der Waals surface area contributed by atoms with Gasteiger partial charge in [0, 0.05) is 37.2 Å². The van der Waals surface area contributed by atoms with Crippen LogP contribution in [0, 0.1) is 5.92 Å². The third kappa shape index (κ3) is 3.81. The molecule has 0 radical (unpaired) electrons. The van der Waals surface area contributed by atoms with Crippen LogP contribution in [0.4, 0.5) is 0 Å². The van der Waals surface area contributed by atoms with E-state index in [-0.39, 0.29) is 17.6 Å². The SMILES string of the molecule is COc1ccc(-c2nc(C(=O)NC3=CC4=CN(C5CCCC5)N(C)C4C=C3C3CC3)co2)cn1. The van der Waals surface area contributed by atoms with Crippen LogP contribution in [-0.4, -0.2) is 52.1 Å². The Bertz CT molecular complexity index is 1190. The van der Waals surface area contributed by atoms with E-state index in [1.165, 1.54) is 55.9 Å². The number of nitrogens with zero attached hydrogens (tertiary/aromatic N) is 4. The lowest BCUT2D eigenvalue weighted by molar-refractivity contribution is 0.0202. The molecule has 0 saturated heterocycles. The number of allylic oxidation sites excluding steroid dienone is 1. The smallest absolute Gasteiger partial charge is 0.277 e. The molecule has 2 saturated carbocycles. The van der Waals surface area contributed by atoms with Crippen molar-refractivity contribution < 1.29 is 13.9 Å². The van der Waals surface area contributed by atoms with Gasteiger partial charge in [-0.1, -0.05) is 18.9 Å². The molecule has 0 spiro atoms. The molecule has 8 nitrogen and oxygen atoms in total. The van der Waals surface area contributed by atoms with Crippen molar-refractivity contribution in [3.05, 3.63) is 65.5 Å². The molecular weight excluding hydrogens is 430 g/mol. The Morgan fingerprint density at radius 1 is 1.21 bits per heavy atom. The zero-order valence-corrected chi connectivity index (χ0v) is 19.5. The van der Waals surface area contributed by atoms with Gasteiger partial charge < -0.3 is 19.5 Å². The number of carbonyl (C=O) groups is 1. The minimum atomic E-state index is -0.271. The number of hydrogen-bond acceptors (Lipinski definition) is 7. The quantitative estimate of drug-likeness (QED) is 0.697. The van der Waals surface area contributed by atoms with Gasteiger partial charge in [-0.15, -0.1) is 0 Å². The van der Waals surface area contributed by atoms with Crippen molar-refractivity contribution in [2.75, 3.05) is 14.2 Å². The van der Waals surface area contributed by atoms with Gasteiger partial charge in [0.1, 0.15) is 6.26 Å². The lowest BCUT2D eigenvalue weighted by atomic mass is 9.93. The van der Waals surface area contributed by atoms with Gasteiger partial charge in [0.15, 0.2) is 5.69 Å². The molecule has 1 amide bonds. The highest BCUT2D eigenvalue weighted by Gasteiger charge is 2.39. The van der Waals surface area contributed by atoms with Gasteiger partial charge in [0.05, 0.1) is 18.7 Å². The molecule has 1 N–H and O–H groups in total. The van der Waals surface area contributed by atoms with Crippen LogP contribution in [0.2, 0.25) is 0 Å². The molecule has 1 unspecified atom stereocenters. The average Bonchev–Trinajstić information content (AvgIpc) is 3.24. The van der Waals surface area contributed by atoms with Crippen molar-refractivity contribution in [2.24, 2.45) is 5.92 Å². The summed E-state index contributed by atoms with van der Waals surface area (Å²) >= 11 is 0.